The molecule has 0 aliphatic carbocycles. The highest BCUT2D eigenvalue weighted by Gasteiger charge is 1.99. The normalized spacial score (nSPS) is 10.3. The summed E-state index contributed by atoms with van der Waals surface area (Å²) >= 11 is 5.03. The first-order valence-electron chi connectivity index (χ1n) is 4.52. The summed E-state index contributed by atoms with van der Waals surface area (Å²) in [6.45, 7) is 2.78. The Morgan fingerprint density at radius 1 is 1.47 bits per heavy atom. The van der Waals surface area contributed by atoms with E-state index in [1.807, 2.05) is 31.3 Å². The van der Waals surface area contributed by atoms with Gasteiger partial charge in [0.05, 0.1) is 11.6 Å². The van der Waals surface area contributed by atoms with E-state index in [0.717, 1.165) is 22.0 Å². The Morgan fingerprint density at radius 3 is 3.00 bits per heavy atom. The molecule has 2 aromatic rings. The first-order chi connectivity index (χ1) is 7.24. The highest BCUT2D eigenvalue weighted by Crippen LogP contribution is 2.14. The summed E-state index contributed by atoms with van der Waals surface area (Å²) < 4.78 is 0.841. The molecule has 0 saturated heterocycles. The van der Waals surface area contributed by atoms with Gasteiger partial charge in [-0.05, 0) is 35.0 Å². The predicted molar refractivity (Wildman–Crippen MR) is 66.1 cm³/mol. The quantitative estimate of drug-likeness (QED) is 0.879. The van der Waals surface area contributed by atoms with Gasteiger partial charge < -0.3 is 5.32 Å². The number of aryl methyl sites for hydroxylation is 1. The van der Waals surface area contributed by atoms with Gasteiger partial charge in [-0.1, -0.05) is 6.07 Å². The van der Waals surface area contributed by atoms with Crippen molar-refractivity contribution in [3.8, 4) is 0 Å². The molecule has 78 valence electrons. The van der Waals surface area contributed by atoms with Crippen LogP contribution in [-0.4, -0.2) is 9.97 Å². The molecule has 0 spiro atoms. The van der Waals surface area contributed by atoms with E-state index in [0.29, 0.717) is 0 Å². The van der Waals surface area contributed by atoms with Gasteiger partial charge in [0, 0.05) is 11.1 Å². The van der Waals surface area contributed by atoms with Gasteiger partial charge in [0.1, 0.15) is 10.4 Å². The molecule has 3 nitrogen and oxygen atoms in total. The molecule has 0 atom stereocenters. The Balaban J connectivity index is 1.99. The molecule has 2 aromatic heterocycles. The zero-order valence-electron chi connectivity index (χ0n) is 8.20. The predicted octanol–water partition coefficient (Wildman–Crippen LogP) is 3.22. The van der Waals surface area contributed by atoms with Crippen LogP contribution >= 0.6 is 27.3 Å². The Kier molecular flexibility index (Phi) is 3.33. The number of thiazole rings is 1. The lowest BCUT2D eigenvalue weighted by atomic mass is 10.4. The molecule has 0 bridgehead atoms. The van der Waals surface area contributed by atoms with Gasteiger partial charge in [-0.3, -0.25) is 0 Å². The number of nitrogens with one attached hydrogen (secondary N) is 1. The number of nitrogens with zero attached hydrogens (tertiary/aromatic N) is 2. The van der Waals surface area contributed by atoms with Crippen molar-refractivity contribution < 1.29 is 0 Å². The fourth-order valence-electron chi connectivity index (χ4n) is 1.17. The third kappa shape index (κ3) is 3.00. The Morgan fingerprint density at radius 2 is 2.33 bits per heavy atom. The number of halogens is 1. The van der Waals surface area contributed by atoms with Crippen LogP contribution < -0.4 is 5.32 Å². The monoisotopic (exact) mass is 283 g/mol. The maximum Gasteiger partial charge on any atom is 0.127 e. The molecule has 15 heavy (non-hydrogen) atoms. The molecule has 0 fully saturated rings. The number of rotatable bonds is 3. The van der Waals surface area contributed by atoms with Gasteiger partial charge in [-0.15, -0.1) is 11.3 Å². The van der Waals surface area contributed by atoms with E-state index in [2.05, 4.69) is 31.2 Å². The molecule has 0 aliphatic rings. The van der Waals surface area contributed by atoms with Crippen molar-refractivity contribution >= 4 is 33.1 Å². The largest absolute Gasteiger partial charge is 0.365 e. The standard InChI is InChI=1S/C10H10BrN3S/c1-7-12-5-8(15-7)6-13-10-4-2-3-9(11)14-10/h2-5H,6H2,1H3,(H,13,14). The first kappa shape index (κ1) is 10.6. The fraction of sp³-hybridized carbons (Fsp3) is 0.200. The second-order valence-corrected chi connectivity index (χ2v) is 5.18. The van der Waals surface area contributed by atoms with Gasteiger partial charge >= 0.3 is 0 Å². The second-order valence-electron chi connectivity index (χ2n) is 3.04. The van der Waals surface area contributed by atoms with Gasteiger partial charge in [-0.2, -0.15) is 0 Å². The van der Waals surface area contributed by atoms with Crippen molar-refractivity contribution in [1.82, 2.24) is 9.97 Å². The average molecular weight is 284 g/mol. The molecule has 0 unspecified atom stereocenters. The molecule has 0 aromatic carbocycles. The van der Waals surface area contributed by atoms with Crippen LogP contribution in [-0.2, 0) is 6.54 Å². The molecular weight excluding hydrogens is 274 g/mol. The minimum atomic E-state index is 0.773. The molecule has 2 rings (SSSR count). The molecule has 0 aliphatic heterocycles. The van der Waals surface area contributed by atoms with Crippen molar-refractivity contribution in [2.45, 2.75) is 13.5 Å². The molecular formula is C10H10BrN3S. The molecule has 5 heteroatoms. The summed E-state index contributed by atoms with van der Waals surface area (Å²) in [5.74, 6) is 0.871. The molecule has 2 heterocycles. The number of pyridine rings is 1. The summed E-state index contributed by atoms with van der Waals surface area (Å²) in [6.07, 6.45) is 1.89. The van der Waals surface area contributed by atoms with Crippen molar-refractivity contribution in [3.05, 3.63) is 38.9 Å². The first-order valence-corrected chi connectivity index (χ1v) is 6.13. The average Bonchev–Trinajstić information content (AvgIpc) is 2.62. The highest BCUT2D eigenvalue weighted by atomic mass is 79.9. The lowest BCUT2D eigenvalue weighted by molar-refractivity contribution is 1.12. The Bertz CT molecular complexity index is 455. The van der Waals surface area contributed by atoms with E-state index in [-0.39, 0.29) is 0 Å². The third-order valence-corrected chi connectivity index (χ3v) is 3.18. The van der Waals surface area contributed by atoms with Crippen molar-refractivity contribution in [3.63, 3.8) is 0 Å². The van der Waals surface area contributed by atoms with Gasteiger partial charge in [0.15, 0.2) is 0 Å². The number of hydrogen-bond acceptors (Lipinski definition) is 4. The van der Waals surface area contributed by atoms with Crippen LogP contribution in [0.4, 0.5) is 5.82 Å². The smallest absolute Gasteiger partial charge is 0.127 e. The second kappa shape index (κ2) is 4.72. The van der Waals surface area contributed by atoms with Crippen LogP contribution in [0.5, 0.6) is 0 Å². The maximum absolute atomic E-state index is 4.28. The van der Waals surface area contributed by atoms with Gasteiger partial charge in [0.2, 0.25) is 0 Å². The summed E-state index contributed by atoms with van der Waals surface area (Å²) in [5.41, 5.74) is 0. The number of hydrogen-bond donors (Lipinski definition) is 1. The zero-order valence-corrected chi connectivity index (χ0v) is 10.6. The van der Waals surface area contributed by atoms with Crippen LogP contribution in [0.25, 0.3) is 0 Å². The highest BCUT2D eigenvalue weighted by molar-refractivity contribution is 9.10. The zero-order chi connectivity index (χ0) is 10.7. The van der Waals surface area contributed by atoms with Crippen LogP contribution in [0.2, 0.25) is 0 Å². The summed E-state index contributed by atoms with van der Waals surface area (Å²) in [6, 6.07) is 5.80. The van der Waals surface area contributed by atoms with E-state index < -0.39 is 0 Å². The molecule has 0 saturated carbocycles. The lowest BCUT2D eigenvalue weighted by Gasteiger charge is -2.02. The molecule has 1 N–H and O–H groups in total. The third-order valence-electron chi connectivity index (χ3n) is 1.83. The Hall–Kier alpha value is -0.940. The van der Waals surface area contributed by atoms with Crippen LogP contribution in [0.1, 0.15) is 9.88 Å². The van der Waals surface area contributed by atoms with Crippen LogP contribution in [0, 0.1) is 6.92 Å². The Labute approximate surface area is 101 Å². The minimum absolute atomic E-state index is 0.773. The van der Waals surface area contributed by atoms with E-state index >= 15 is 0 Å². The number of aromatic nitrogens is 2. The van der Waals surface area contributed by atoms with E-state index in [4.69, 9.17) is 0 Å². The molecule has 0 amide bonds. The van der Waals surface area contributed by atoms with Crippen LogP contribution in [0.15, 0.2) is 29.0 Å². The summed E-state index contributed by atoms with van der Waals surface area (Å²) in [4.78, 5) is 9.70. The lowest BCUT2D eigenvalue weighted by Crippen LogP contribution is -1.99. The fourth-order valence-corrected chi connectivity index (χ4v) is 2.25. The van der Waals surface area contributed by atoms with E-state index in [9.17, 15) is 0 Å². The summed E-state index contributed by atoms with van der Waals surface area (Å²) in [7, 11) is 0. The van der Waals surface area contributed by atoms with Gasteiger partial charge in [-0.25, -0.2) is 9.97 Å². The van der Waals surface area contributed by atoms with Crippen molar-refractivity contribution in [2.75, 3.05) is 5.32 Å². The minimum Gasteiger partial charge on any atom is -0.365 e. The van der Waals surface area contributed by atoms with E-state index in [1.165, 1.54) is 4.88 Å². The SMILES string of the molecule is Cc1ncc(CNc2cccc(Br)n2)s1. The van der Waals surface area contributed by atoms with Gasteiger partial charge in [0.25, 0.3) is 0 Å². The summed E-state index contributed by atoms with van der Waals surface area (Å²) in [5, 5.41) is 4.34. The van der Waals surface area contributed by atoms with Crippen molar-refractivity contribution in [1.29, 1.82) is 0 Å². The van der Waals surface area contributed by atoms with Crippen LogP contribution in [0.3, 0.4) is 0 Å². The maximum atomic E-state index is 4.28. The van der Waals surface area contributed by atoms with Crippen molar-refractivity contribution in [2.24, 2.45) is 0 Å². The van der Waals surface area contributed by atoms with E-state index in [1.54, 1.807) is 11.3 Å². The number of anilines is 1. The topological polar surface area (TPSA) is 37.8 Å². The molecule has 0 radical (unpaired) electrons.